The first-order valence-corrected chi connectivity index (χ1v) is 9.61. The van der Waals surface area contributed by atoms with Crippen LogP contribution in [0.5, 0.6) is 23.0 Å². The van der Waals surface area contributed by atoms with Crippen molar-refractivity contribution in [3.8, 4) is 23.0 Å². The van der Waals surface area contributed by atoms with Gasteiger partial charge in [0.1, 0.15) is 19.8 Å². The zero-order valence-corrected chi connectivity index (χ0v) is 16.4. The molecule has 10 heteroatoms. The van der Waals surface area contributed by atoms with Crippen LogP contribution in [0.4, 0.5) is 4.79 Å². The minimum atomic E-state index is -0.769. The molecule has 10 nitrogen and oxygen atoms in total. The molecular weight excluding hydrogens is 408 g/mol. The molecule has 0 aliphatic carbocycles. The first-order chi connectivity index (χ1) is 15.1. The van der Waals surface area contributed by atoms with Gasteiger partial charge in [0.25, 0.3) is 5.91 Å². The van der Waals surface area contributed by atoms with E-state index in [9.17, 15) is 14.4 Å². The molecule has 1 atom stereocenters. The molecule has 0 saturated carbocycles. The van der Waals surface area contributed by atoms with E-state index in [1.165, 1.54) is 12.1 Å². The highest BCUT2D eigenvalue weighted by Gasteiger charge is 2.22. The number of benzene rings is 2. The van der Waals surface area contributed by atoms with Crippen molar-refractivity contribution in [3.63, 3.8) is 0 Å². The van der Waals surface area contributed by atoms with Crippen molar-refractivity contribution in [1.29, 1.82) is 0 Å². The Kier molecular flexibility index (Phi) is 6.06. The Balaban J connectivity index is 1.18. The molecule has 0 fully saturated rings. The number of carbonyl (C=O) groups excluding carboxylic acids is 3. The Hall–Kier alpha value is -3.95. The van der Waals surface area contributed by atoms with E-state index >= 15 is 0 Å². The maximum absolute atomic E-state index is 12.1. The van der Waals surface area contributed by atoms with Crippen molar-refractivity contribution in [1.82, 2.24) is 10.6 Å². The molecule has 0 saturated heterocycles. The number of ether oxygens (including phenoxy) is 5. The van der Waals surface area contributed by atoms with Gasteiger partial charge in [0.15, 0.2) is 35.7 Å². The third kappa shape index (κ3) is 5.16. The van der Waals surface area contributed by atoms with Gasteiger partial charge in [0.05, 0.1) is 12.1 Å². The molecule has 1 unspecified atom stereocenters. The van der Waals surface area contributed by atoms with Gasteiger partial charge in [0, 0.05) is 0 Å². The van der Waals surface area contributed by atoms with Crippen LogP contribution in [-0.4, -0.2) is 57.0 Å². The average Bonchev–Trinajstić information content (AvgIpc) is 2.80. The van der Waals surface area contributed by atoms with Gasteiger partial charge in [-0.1, -0.05) is 12.1 Å². The van der Waals surface area contributed by atoms with E-state index < -0.39 is 30.6 Å². The van der Waals surface area contributed by atoms with Crippen LogP contribution in [0.3, 0.4) is 0 Å². The van der Waals surface area contributed by atoms with Crippen molar-refractivity contribution in [2.45, 2.75) is 6.10 Å². The highest BCUT2D eigenvalue weighted by atomic mass is 16.6. The van der Waals surface area contributed by atoms with E-state index in [0.29, 0.717) is 36.2 Å². The van der Waals surface area contributed by atoms with E-state index in [1.54, 1.807) is 18.2 Å². The predicted molar refractivity (Wildman–Crippen MR) is 106 cm³/mol. The van der Waals surface area contributed by atoms with Crippen LogP contribution in [0, 0.1) is 0 Å². The fourth-order valence-corrected chi connectivity index (χ4v) is 2.96. The zero-order valence-electron chi connectivity index (χ0n) is 16.4. The smallest absolute Gasteiger partial charge is 0.338 e. The Morgan fingerprint density at radius 3 is 2.52 bits per heavy atom. The molecule has 3 amide bonds. The fourth-order valence-electron chi connectivity index (χ4n) is 2.96. The lowest BCUT2D eigenvalue weighted by molar-refractivity contribution is -0.123. The lowest BCUT2D eigenvalue weighted by Gasteiger charge is -2.26. The van der Waals surface area contributed by atoms with Gasteiger partial charge in [-0.2, -0.15) is 0 Å². The Bertz CT molecular complexity index is 993. The largest absolute Gasteiger partial charge is 0.486 e. The summed E-state index contributed by atoms with van der Waals surface area (Å²) in [4.78, 5) is 35.9. The van der Waals surface area contributed by atoms with Crippen LogP contribution in [0.15, 0.2) is 42.5 Å². The van der Waals surface area contributed by atoms with Gasteiger partial charge in [0.2, 0.25) is 0 Å². The lowest BCUT2D eigenvalue weighted by Crippen LogP contribution is -2.46. The van der Waals surface area contributed by atoms with Crippen LogP contribution >= 0.6 is 0 Å². The Morgan fingerprint density at radius 1 is 0.935 bits per heavy atom. The molecule has 162 valence electrons. The van der Waals surface area contributed by atoms with Gasteiger partial charge < -0.3 is 29.0 Å². The van der Waals surface area contributed by atoms with Crippen molar-refractivity contribution in [2.75, 3.05) is 33.0 Å². The molecule has 2 aromatic rings. The maximum atomic E-state index is 12.1. The summed E-state index contributed by atoms with van der Waals surface area (Å²) in [6, 6.07) is 11.0. The maximum Gasteiger partial charge on any atom is 0.338 e. The molecule has 0 radical (unpaired) electrons. The zero-order chi connectivity index (χ0) is 21.6. The van der Waals surface area contributed by atoms with E-state index in [0.717, 1.165) is 0 Å². The standard InChI is InChI=1S/C21H20N2O8/c24-19(12-30-20(25)13-5-6-16-18(9-13)28-8-7-27-16)23-21(26)22-10-14-11-29-15-3-1-2-4-17(15)31-14/h1-6,9,14H,7-8,10-12H2,(H2,22,23,24,26). The molecule has 2 N–H and O–H groups in total. The average molecular weight is 428 g/mol. The second-order valence-corrected chi connectivity index (χ2v) is 6.69. The molecule has 2 heterocycles. The van der Waals surface area contributed by atoms with Crippen LogP contribution in [0.2, 0.25) is 0 Å². The Morgan fingerprint density at radius 2 is 1.68 bits per heavy atom. The molecule has 4 rings (SSSR count). The fraction of sp³-hybridized carbons (Fsp3) is 0.286. The van der Waals surface area contributed by atoms with Gasteiger partial charge in [-0.3, -0.25) is 10.1 Å². The number of esters is 1. The number of hydrogen-bond donors (Lipinski definition) is 2. The summed E-state index contributed by atoms with van der Waals surface area (Å²) < 4.78 is 27.0. The summed E-state index contributed by atoms with van der Waals surface area (Å²) >= 11 is 0. The number of urea groups is 1. The molecule has 2 aromatic carbocycles. The van der Waals surface area contributed by atoms with E-state index in [-0.39, 0.29) is 18.7 Å². The van der Waals surface area contributed by atoms with E-state index in [4.69, 9.17) is 23.7 Å². The SMILES string of the molecule is O=C(COC(=O)c1ccc2c(c1)OCCO2)NC(=O)NCC1COc2ccccc2O1. The van der Waals surface area contributed by atoms with Gasteiger partial charge in [-0.15, -0.1) is 0 Å². The molecule has 2 aliphatic rings. The molecule has 0 bridgehead atoms. The van der Waals surface area contributed by atoms with Crippen LogP contribution < -0.4 is 29.6 Å². The summed E-state index contributed by atoms with van der Waals surface area (Å²) in [7, 11) is 0. The lowest BCUT2D eigenvalue weighted by atomic mass is 10.2. The van der Waals surface area contributed by atoms with Crippen molar-refractivity contribution in [3.05, 3.63) is 48.0 Å². The summed E-state index contributed by atoms with van der Waals surface area (Å²) in [6.45, 7) is 0.597. The minimum Gasteiger partial charge on any atom is -0.486 e. The normalized spacial score (nSPS) is 16.1. The number of nitrogens with one attached hydrogen (secondary N) is 2. The third-order valence-electron chi connectivity index (χ3n) is 4.42. The first kappa shape index (κ1) is 20.3. The number of hydrogen-bond acceptors (Lipinski definition) is 8. The summed E-state index contributed by atoms with van der Waals surface area (Å²) in [5.41, 5.74) is 0.205. The second kappa shape index (κ2) is 9.24. The highest BCUT2D eigenvalue weighted by Crippen LogP contribution is 2.31. The van der Waals surface area contributed by atoms with Crippen LogP contribution in [-0.2, 0) is 9.53 Å². The molecule has 0 aromatic heterocycles. The molecule has 2 aliphatic heterocycles. The third-order valence-corrected chi connectivity index (χ3v) is 4.42. The first-order valence-electron chi connectivity index (χ1n) is 9.61. The monoisotopic (exact) mass is 428 g/mol. The van der Waals surface area contributed by atoms with Crippen LogP contribution in [0.25, 0.3) is 0 Å². The second-order valence-electron chi connectivity index (χ2n) is 6.69. The van der Waals surface area contributed by atoms with Crippen molar-refractivity contribution < 1.29 is 38.1 Å². The number of amides is 3. The number of para-hydroxylation sites is 2. The van der Waals surface area contributed by atoms with Gasteiger partial charge in [-0.05, 0) is 30.3 Å². The number of imide groups is 1. The summed E-state index contributed by atoms with van der Waals surface area (Å²) in [5.74, 6) is 0.698. The molecule has 31 heavy (non-hydrogen) atoms. The molecular formula is C21H20N2O8. The van der Waals surface area contributed by atoms with E-state index in [2.05, 4.69) is 10.6 Å². The minimum absolute atomic E-state index is 0.129. The molecule has 0 spiro atoms. The van der Waals surface area contributed by atoms with E-state index in [1.807, 2.05) is 12.1 Å². The quantitative estimate of drug-likeness (QED) is 0.683. The number of fused-ring (bicyclic) bond motifs is 2. The van der Waals surface area contributed by atoms with Crippen molar-refractivity contribution >= 4 is 17.9 Å². The predicted octanol–water partition coefficient (Wildman–Crippen LogP) is 1.28. The topological polar surface area (TPSA) is 121 Å². The number of carbonyl (C=O) groups is 3. The van der Waals surface area contributed by atoms with Gasteiger partial charge >= 0.3 is 12.0 Å². The number of rotatable bonds is 5. The highest BCUT2D eigenvalue weighted by molar-refractivity contribution is 5.97. The Labute approximate surface area is 177 Å². The summed E-state index contributed by atoms with van der Waals surface area (Å²) in [5, 5.41) is 4.61. The van der Waals surface area contributed by atoms with Crippen LogP contribution in [0.1, 0.15) is 10.4 Å². The van der Waals surface area contributed by atoms with Crippen molar-refractivity contribution in [2.24, 2.45) is 0 Å². The van der Waals surface area contributed by atoms with Gasteiger partial charge in [-0.25, -0.2) is 9.59 Å². The summed E-state index contributed by atoms with van der Waals surface area (Å²) in [6.07, 6.45) is -0.399.